The van der Waals surface area contributed by atoms with Gasteiger partial charge in [-0.05, 0) is 18.8 Å². The molecule has 1 fully saturated rings. The van der Waals surface area contributed by atoms with Gasteiger partial charge in [0, 0.05) is 13.1 Å². The van der Waals surface area contributed by atoms with Crippen molar-refractivity contribution in [3.63, 3.8) is 0 Å². The minimum atomic E-state index is -3.72. The molecule has 0 amide bonds. The van der Waals surface area contributed by atoms with Gasteiger partial charge in [-0.15, -0.1) is 11.3 Å². The highest BCUT2D eigenvalue weighted by molar-refractivity contribution is 7.91. The maximum absolute atomic E-state index is 12.4. The molecule has 1 atom stereocenters. The summed E-state index contributed by atoms with van der Waals surface area (Å²) in [6.45, 7) is 2.88. The fourth-order valence-electron chi connectivity index (χ4n) is 2.04. The molecule has 8 heteroatoms. The lowest BCUT2D eigenvalue weighted by Crippen LogP contribution is -2.39. The summed E-state index contributed by atoms with van der Waals surface area (Å²) in [7, 11) is -3.72. The second-order valence-corrected chi connectivity index (χ2v) is 7.39. The van der Waals surface area contributed by atoms with E-state index in [2.05, 4.69) is 4.98 Å². The van der Waals surface area contributed by atoms with E-state index in [1.807, 2.05) is 6.92 Å². The van der Waals surface area contributed by atoms with Crippen LogP contribution in [0.3, 0.4) is 0 Å². The normalized spacial score (nSPS) is 21.9. The second kappa shape index (κ2) is 4.94. The summed E-state index contributed by atoms with van der Waals surface area (Å²) in [5.41, 5.74) is 0.877. The zero-order chi connectivity index (χ0) is 13.3. The molecule has 1 aliphatic heterocycles. The lowest BCUT2D eigenvalue weighted by Gasteiger charge is -2.29. The summed E-state index contributed by atoms with van der Waals surface area (Å²) < 4.78 is 25.9. The molecular weight excluding hydrogens is 276 g/mol. The second-order valence-electron chi connectivity index (χ2n) is 4.40. The molecule has 0 aromatic carbocycles. The SMILES string of the molecule is CC1CCCN(S(=O)(=O)c2scnc2C(=O)O)C1. The number of hydrogen-bond donors (Lipinski definition) is 1. The first-order valence-corrected chi connectivity index (χ1v) is 7.92. The van der Waals surface area contributed by atoms with Gasteiger partial charge in [-0.3, -0.25) is 0 Å². The Morgan fingerprint density at radius 2 is 2.33 bits per heavy atom. The highest BCUT2D eigenvalue weighted by atomic mass is 32.2. The minimum absolute atomic E-state index is 0.163. The average Bonchev–Trinajstić information content (AvgIpc) is 2.78. The third-order valence-electron chi connectivity index (χ3n) is 2.93. The van der Waals surface area contributed by atoms with Crippen molar-refractivity contribution in [3.05, 3.63) is 11.2 Å². The van der Waals surface area contributed by atoms with Gasteiger partial charge in [-0.25, -0.2) is 18.2 Å². The molecule has 0 saturated carbocycles. The third kappa shape index (κ3) is 2.40. The van der Waals surface area contributed by atoms with Crippen molar-refractivity contribution >= 4 is 27.3 Å². The lowest BCUT2D eigenvalue weighted by atomic mass is 10.0. The fraction of sp³-hybridized carbons (Fsp3) is 0.600. The smallest absolute Gasteiger partial charge is 0.356 e. The van der Waals surface area contributed by atoms with E-state index in [-0.39, 0.29) is 9.90 Å². The van der Waals surface area contributed by atoms with Gasteiger partial charge < -0.3 is 5.11 Å². The van der Waals surface area contributed by atoms with Crippen molar-refractivity contribution in [2.75, 3.05) is 13.1 Å². The standard InChI is InChI=1S/C10H14N2O4S2/c1-7-3-2-4-12(5-7)18(15,16)10-8(9(13)14)11-6-17-10/h6-7H,2-5H2,1H3,(H,13,14). The van der Waals surface area contributed by atoms with E-state index in [1.165, 1.54) is 9.82 Å². The molecule has 100 valence electrons. The van der Waals surface area contributed by atoms with Crippen molar-refractivity contribution in [2.45, 2.75) is 24.0 Å². The van der Waals surface area contributed by atoms with Gasteiger partial charge in [-0.2, -0.15) is 4.31 Å². The molecule has 2 rings (SSSR count). The van der Waals surface area contributed by atoms with Gasteiger partial charge in [0.2, 0.25) is 0 Å². The largest absolute Gasteiger partial charge is 0.476 e. The molecule has 2 heterocycles. The fourth-order valence-corrected chi connectivity index (χ4v) is 4.92. The van der Waals surface area contributed by atoms with Crippen molar-refractivity contribution in [3.8, 4) is 0 Å². The van der Waals surface area contributed by atoms with Crippen molar-refractivity contribution < 1.29 is 18.3 Å². The zero-order valence-corrected chi connectivity index (χ0v) is 11.5. The maximum atomic E-state index is 12.4. The van der Waals surface area contributed by atoms with E-state index in [1.54, 1.807) is 0 Å². The van der Waals surface area contributed by atoms with Crippen LogP contribution in [0.5, 0.6) is 0 Å². The monoisotopic (exact) mass is 290 g/mol. The molecule has 0 aliphatic carbocycles. The molecule has 18 heavy (non-hydrogen) atoms. The van der Waals surface area contributed by atoms with Crippen LogP contribution >= 0.6 is 11.3 Å². The summed E-state index contributed by atoms with van der Waals surface area (Å²) in [6, 6.07) is 0. The number of piperidine rings is 1. The number of carbonyl (C=O) groups is 1. The first-order valence-electron chi connectivity index (χ1n) is 5.60. The number of sulfonamides is 1. The van der Waals surface area contributed by atoms with Gasteiger partial charge in [-0.1, -0.05) is 6.92 Å². The van der Waals surface area contributed by atoms with Crippen LogP contribution in [-0.4, -0.2) is 41.9 Å². The summed E-state index contributed by atoms with van der Waals surface area (Å²) in [5.74, 6) is -1.00. The van der Waals surface area contributed by atoms with Crippen LogP contribution < -0.4 is 0 Å². The first-order chi connectivity index (χ1) is 8.43. The van der Waals surface area contributed by atoms with Crippen molar-refractivity contribution in [1.82, 2.24) is 9.29 Å². The van der Waals surface area contributed by atoms with Crippen LogP contribution in [0.4, 0.5) is 0 Å². The Hall–Kier alpha value is -0.990. The zero-order valence-electron chi connectivity index (χ0n) is 9.87. The van der Waals surface area contributed by atoms with Gasteiger partial charge in [0.05, 0.1) is 5.51 Å². The first kappa shape index (κ1) is 13.4. The summed E-state index contributed by atoms with van der Waals surface area (Å²) in [5, 5.41) is 8.93. The Kier molecular flexibility index (Phi) is 3.69. The highest BCUT2D eigenvalue weighted by Crippen LogP contribution is 2.27. The molecule has 1 N–H and O–H groups in total. The van der Waals surface area contributed by atoms with Crippen molar-refractivity contribution in [1.29, 1.82) is 0 Å². The number of aromatic nitrogens is 1. The number of thiazole rings is 1. The van der Waals surface area contributed by atoms with Crippen LogP contribution in [0.25, 0.3) is 0 Å². The number of carboxylic acid groups (broad SMARTS) is 1. The number of nitrogens with zero attached hydrogens (tertiary/aromatic N) is 2. The van der Waals surface area contributed by atoms with Crippen molar-refractivity contribution in [2.24, 2.45) is 5.92 Å². The van der Waals surface area contributed by atoms with E-state index >= 15 is 0 Å². The van der Waals surface area contributed by atoms with Crippen LogP contribution in [0, 0.1) is 5.92 Å². The van der Waals surface area contributed by atoms with Crippen LogP contribution in [0.15, 0.2) is 9.72 Å². The van der Waals surface area contributed by atoms with Gasteiger partial charge in [0.15, 0.2) is 9.90 Å². The molecule has 0 radical (unpaired) electrons. The van der Waals surface area contributed by atoms with E-state index < -0.39 is 16.0 Å². The molecule has 6 nitrogen and oxygen atoms in total. The molecule has 1 aliphatic rings. The molecule has 1 aromatic heterocycles. The molecule has 1 unspecified atom stereocenters. The Labute approximate surface area is 109 Å². The molecular formula is C10H14N2O4S2. The van der Waals surface area contributed by atoms with Crippen LogP contribution in [0.2, 0.25) is 0 Å². The highest BCUT2D eigenvalue weighted by Gasteiger charge is 2.33. The molecule has 0 spiro atoms. The van der Waals surface area contributed by atoms with E-state index in [4.69, 9.17) is 5.11 Å². The van der Waals surface area contributed by atoms with E-state index in [0.29, 0.717) is 19.0 Å². The summed E-state index contributed by atoms with van der Waals surface area (Å²) in [4.78, 5) is 14.5. The van der Waals surface area contributed by atoms with Crippen LogP contribution in [0.1, 0.15) is 30.3 Å². The van der Waals surface area contributed by atoms with Gasteiger partial charge in [0.1, 0.15) is 0 Å². The minimum Gasteiger partial charge on any atom is -0.476 e. The molecule has 1 saturated heterocycles. The lowest BCUT2D eigenvalue weighted by molar-refractivity contribution is 0.0687. The average molecular weight is 290 g/mol. The number of aromatic carboxylic acids is 1. The Balaban J connectivity index is 2.36. The predicted molar refractivity (Wildman–Crippen MR) is 66.2 cm³/mol. The Morgan fingerprint density at radius 1 is 1.61 bits per heavy atom. The van der Waals surface area contributed by atoms with E-state index in [9.17, 15) is 13.2 Å². The Morgan fingerprint density at radius 3 is 2.94 bits per heavy atom. The predicted octanol–water partition coefficient (Wildman–Crippen LogP) is 1.26. The number of carboxylic acids is 1. The maximum Gasteiger partial charge on any atom is 0.356 e. The van der Waals surface area contributed by atoms with Gasteiger partial charge >= 0.3 is 5.97 Å². The topological polar surface area (TPSA) is 87.6 Å². The molecule has 1 aromatic rings. The summed E-state index contributed by atoms with van der Waals surface area (Å²) in [6.07, 6.45) is 1.81. The Bertz CT molecular complexity index is 552. The quantitative estimate of drug-likeness (QED) is 0.905. The number of hydrogen-bond acceptors (Lipinski definition) is 5. The third-order valence-corrected chi connectivity index (χ3v) is 6.14. The molecule has 0 bridgehead atoms. The van der Waals surface area contributed by atoms with E-state index in [0.717, 1.165) is 24.2 Å². The van der Waals surface area contributed by atoms with Crippen LogP contribution in [-0.2, 0) is 10.0 Å². The summed E-state index contributed by atoms with van der Waals surface area (Å²) >= 11 is 0.858. The number of rotatable bonds is 3. The van der Waals surface area contributed by atoms with Gasteiger partial charge in [0.25, 0.3) is 10.0 Å².